The van der Waals surface area contributed by atoms with Crippen molar-refractivity contribution in [2.75, 3.05) is 44.4 Å². The fraction of sp³-hybridized carbons (Fsp3) is 0.722. The van der Waals surface area contributed by atoms with Gasteiger partial charge in [-0.2, -0.15) is 0 Å². The highest BCUT2D eigenvalue weighted by atomic mass is 19.1. The molecular formula is C54H85F2N5O14. The second-order valence-electron chi connectivity index (χ2n) is 22.0. The molecule has 5 rings (SSSR count). The number of benzene rings is 2. The van der Waals surface area contributed by atoms with E-state index in [4.69, 9.17) is 28.4 Å². The zero-order chi connectivity index (χ0) is 56.0. The molecule has 4 amide bonds. The van der Waals surface area contributed by atoms with Crippen molar-refractivity contribution in [3.63, 3.8) is 0 Å². The number of halogens is 2. The molecule has 0 aliphatic carbocycles. The number of nitrogens with zero attached hydrogens (tertiary/aromatic N) is 2. The van der Waals surface area contributed by atoms with E-state index in [1.165, 1.54) is 79.4 Å². The summed E-state index contributed by atoms with van der Waals surface area (Å²) >= 11 is 0. The van der Waals surface area contributed by atoms with Gasteiger partial charge in [-0.25, -0.2) is 18.4 Å². The maximum Gasteiger partial charge on any atom is 0.321 e. The van der Waals surface area contributed by atoms with Crippen LogP contribution in [0.25, 0.3) is 0 Å². The second kappa shape index (κ2) is 25.6. The number of amides is 4. The predicted octanol–water partition coefficient (Wildman–Crippen LogP) is 5.75. The lowest BCUT2D eigenvalue weighted by atomic mass is 9.74. The van der Waals surface area contributed by atoms with Crippen LogP contribution in [0.1, 0.15) is 108 Å². The van der Waals surface area contributed by atoms with Crippen LogP contribution in [0.3, 0.4) is 0 Å². The molecule has 3 fully saturated rings. The summed E-state index contributed by atoms with van der Waals surface area (Å²) in [5, 5.41) is 69.8. The Morgan fingerprint density at radius 2 is 1.43 bits per heavy atom. The first-order valence-corrected chi connectivity index (χ1v) is 26.3. The molecule has 21 heteroatoms. The number of carbonyl (C=O) groups is 3. The molecule has 2 aromatic carbocycles. The largest absolute Gasteiger partial charge is 0.459 e. The van der Waals surface area contributed by atoms with Gasteiger partial charge in [0.15, 0.2) is 12.6 Å². The molecule has 0 radical (unpaired) electrons. The number of aliphatic hydroxyl groups is 5. The highest BCUT2D eigenvalue weighted by Crippen LogP contribution is 2.44. The number of hydrogen-bond donors (Lipinski definition) is 8. The number of urea groups is 2. The smallest absolute Gasteiger partial charge is 0.321 e. The number of likely N-dealkylation sites (N-methyl/N-ethyl adjacent to an activating group) is 1. The van der Waals surface area contributed by atoms with E-state index < -0.39 is 131 Å². The zero-order valence-electron chi connectivity index (χ0n) is 45.9. The van der Waals surface area contributed by atoms with Crippen molar-refractivity contribution in [3.05, 3.63) is 60.2 Å². The van der Waals surface area contributed by atoms with Gasteiger partial charge in [0.05, 0.1) is 48.5 Å². The number of ether oxygens (including phenoxy) is 6. The fourth-order valence-electron chi connectivity index (χ4n) is 11.0. The first-order chi connectivity index (χ1) is 35.0. The summed E-state index contributed by atoms with van der Waals surface area (Å²) in [6.07, 6.45) is -10.4. The molecule has 3 aliphatic heterocycles. The topological polar surface area (TPSA) is 250 Å². The summed E-state index contributed by atoms with van der Waals surface area (Å²) in [6, 6.07) is 7.76. The van der Waals surface area contributed by atoms with E-state index in [-0.39, 0.29) is 51.2 Å². The number of esters is 1. The molecule has 0 unspecified atom stereocenters. The van der Waals surface area contributed by atoms with Crippen LogP contribution in [0.4, 0.5) is 29.7 Å². The molecular weight excluding hydrogens is 981 g/mol. The lowest BCUT2D eigenvalue weighted by molar-refractivity contribution is -0.338. The van der Waals surface area contributed by atoms with Crippen LogP contribution in [0.2, 0.25) is 0 Å². The van der Waals surface area contributed by atoms with Gasteiger partial charge in [0.1, 0.15) is 46.7 Å². The molecule has 3 heterocycles. The minimum Gasteiger partial charge on any atom is -0.459 e. The van der Waals surface area contributed by atoms with Crippen LogP contribution in [-0.4, -0.2) is 177 Å². The standard InChI is InChI=1S/C54H85F2N5O14/c1-14-24-61(50(66)59-39-22-18-37(56)19-23-39)29-54(69)35(8)72-42(27-52(54,10)70-13)74-44-32(5)46(75-48-43(62)40(25-31(4)71-48)60(12)49(65)58-38-20-16-36(55)17-21-38)51(9,67)26-30(3)28-57-34(7)45(63)53(11,68)41(15-2)73-47(64)33(44)6/h16-23,30-35,40-46,48,57,62-63,67-69H,14-15,24-29H2,1-13H3,(H,58,65)(H,59,66)/t30-,31-,32+,33-,34-,35+,40+,41-,42+,43-,44+,45-,46-,48+,51-,52-,53-,54+/m1/s1. The maximum absolute atomic E-state index is 14.7. The minimum atomic E-state index is -1.93. The van der Waals surface area contributed by atoms with Crippen LogP contribution >= 0.6 is 0 Å². The average molecular weight is 1070 g/mol. The molecule has 2 aromatic rings. The van der Waals surface area contributed by atoms with E-state index in [9.17, 15) is 48.7 Å². The van der Waals surface area contributed by atoms with Crippen LogP contribution in [0.15, 0.2) is 48.5 Å². The monoisotopic (exact) mass is 1070 g/mol. The number of aliphatic hydroxyl groups excluding tert-OH is 2. The van der Waals surface area contributed by atoms with Crippen molar-refractivity contribution in [1.29, 1.82) is 0 Å². The Morgan fingerprint density at radius 1 is 0.853 bits per heavy atom. The van der Waals surface area contributed by atoms with Crippen molar-refractivity contribution in [3.8, 4) is 0 Å². The molecule has 0 saturated carbocycles. The first kappa shape index (κ1) is 61.7. The summed E-state index contributed by atoms with van der Waals surface area (Å²) in [6.45, 7) is 18.6. The highest BCUT2D eigenvalue weighted by Gasteiger charge is 2.59. The maximum atomic E-state index is 14.7. The van der Waals surface area contributed by atoms with E-state index >= 15 is 0 Å². The zero-order valence-corrected chi connectivity index (χ0v) is 45.9. The molecule has 8 N–H and O–H groups in total. The van der Waals surface area contributed by atoms with Gasteiger partial charge in [-0.05, 0) is 135 Å². The second-order valence-corrected chi connectivity index (χ2v) is 22.0. The van der Waals surface area contributed by atoms with Gasteiger partial charge in [-0.3, -0.25) is 4.79 Å². The van der Waals surface area contributed by atoms with Gasteiger partial charge < -0.3 is 79.7 Å². The van der Waals surface area contributed by atoms with Gasteiger partial charge in [-0.1, -0.05) is 27.7 Å². The Hall–Kier alpha value is -4.13. The normalized spacial score (nSPS) is 38.3. The van der Waals surface area contributed by atoms with Gasteiger partial charge in [0.25, 0.3) is 0 Å². The van der Waals surface area contributed by atoms with E-state index in [1.807, 2.05) is 13.8 Å². The molecule has 3 aliphatic rings. The number of hydrogen-bond acceptors (Lipinski definition) is 15. The number of methoxy groups -OCH3 is 1. The van der Waals surface area contributed by atoms with Gasteiger partial charge in [0, 0.05) is 50.5 Å². The van der Waals surface area contributed by atoms with Crippen LogP contribution < -0.4 is 16.0 Å². The third kappa shape index (κ3) is 14.5. The minimum absolute atomic E-state index is 0.0495. The molecule has 3 saturated heterocycles. The van der Waals surface area contributed by atoms with Crippen LogP contribution in [0, 0.1) is 29.4 Å². The third-order valence-electron chi connectivity index (χ3n) is 15.8. The SMILES string of the molecule is CCCN(C[C@]1(O)[C@H](C)O[C@@H](O[C@H]2[C@H](C)[C@@H](O[C@@H]3O[C@H](C)C[C@H](N(C)C(=O)Nc4ccc(F)cc4)[C@H]3O)[C@](C)(O)C[C@@H](C)CN[C@H](C)[C@@H](O)[C@](C)(O)[C@@H](CC)OC(=O)[C@@H]2C)C[C@@]1(C)OC)C(=O)Nc1ccc(F)cc1. The number of cyclic esters (lactones) is 1. The molecule has 19 nitrogen and oxygen atoms in total. The molecule has 424 valence electrons. The number of rotatable bonds is 13. The van der Waals surface area contributed by atoms with E-state index in [0.29, 0.717) is 17.8 Å². The summed E-state index contributed by atoms with van der Waals surface area (Å²) < 4.78 is 66.2. The van der Waals surface area contributed by atoms with Gasteiger partial charge in [-0.15, -0.1) is 0 Å². The molecule has 0 aromatic heterocycles. The number of anilines is 2. The van der Waals surface area contributed by atoms with Gasteiger partial charge in [0.2, 0.25) is 0 Å². The lowest BCUT2D eigenvalue weighted by Crippen LogP contribution is -2.70. The summed E-state index contributed by atoms with van der Waals surface area (Å²) in [5.74, 6) is -4.34. The number of carbonyl (C=O) groups excluding carboxylic acids is 3. The van der Waals surface area contributed by atoms with Crippen molar-refractivity contribution >= 4 is 29.4 Å². The number of nitrogens with one attached hydrogen (secondary N) is 3. The summed E-state index contributed by atoms with van der Waals surface area (Å²) in [7, 11) is 2.91. The van der Waals surface area contributed by atoms with Crippen molar-refractivity contribution in [2.45, 2.75) is 198 Å². The average Bonchev–Trinajstić information content (AvgIpc) is 3.35. The Kier molecular flexibility index (Phi) is 21.0. The van der Waals surface area contributed by atoms with Crippen molar-refractivity contribution < 1.29 is 77.1 Å². The Labute approximate surface area is 440 Å². The molecule has 0 spiro atoms. The molecule has 0 bridgehead atoms. The third-order valence-corrected chi connectivity index (χ3v) is 15.8. The van der Waals surface area contributed by atoms with E-state index in [0.717, 1.165) is 0 Å². The van der Waals surface area contributed by atoms with Crippen LogP contribution in [0.5, 0.6) is 0 Å². The molecule has 18 atom stereocenters. The Balaban J connectivity index is 1.53. The highest BCUT2D eigenvalue weighted by molar-refractivity contribution is 5.90. The molecule has 75 heavy (non-hydrogen) atoms. The Bertz CT molecular complexity index is 2180. The predicted molar refractivity (Wildman–Crippen MR) is 275 cm³/mol. The Morgan fingerprint density at radius 3 is 1.97 bits per heavy atom. The quantitative estimate of drug-likeness (QED) is 0.111. The van der Waals surface area contributed by atoms with Gasteiger partial charge >= 0.3 is 18.0 Å². The van der Waals surface area contributed by atoms with Crippen LogP contribution in [-0.2, 0) is 33.2 Å². The van der Waals surface area contributed by atoms with E-state index in [1.54, 1.807) is 55.4 Å². The fourth-order valence-corrected chi connectivity index (χ4v) is 11.0. The van der Waals surface area contributed by atoms with Crippen molar-refractivity contribution in [2.24, 2.45) is 17.8 Å². The summed E-state index contributed by atoms with van der Waals surface area (Å²) in [4.78, 5) is 44.8. The van der Waals surface area contributed by atoms with Crippen molar-refractivity contribution in [1.82, 2.24) is 15.1 Å². The van der Waals surface area contributed by atoms with E-state index in [2.05, 4.69) is 16.0 Å². The summed E-state index contributed by atoms with van der Waals surface area (Å²) in [5.41, 5.74) is -6.43. The first-order valence-electron chi connectivity index (χ1n) is 26.3. The lowest BCUT2D eigenvalue weighted by Gasteiger charge is -2.54.